The molecule has 0 saturated heterocycles. The van der Waals surface area contributed by atoms with E-state index in [1.165, 1.54) is 23.7 Å². The van der Waals surface area contributed by atoms with Crippen LogP contribution in [0.15, 0.2) is 59.4 Å². The summed E-state index contributed by atoms with van der Waals surface area (Å²) in [5.74, 6) is -1.64. The van der Waals surface area contributed by atoms with Crippen molar-refractivity contribution in [3.8, 4) is 16.9 Å². The van der Waals surface area contributed by atoms with Crippen LogP contribution in [0.5, 0.6) is 5.75 Å². The van der Waals surface area contributed by atoms with Crippen molar-refractivity contribution in [2.24, 2.45) is 7.05 Å². The minimum absolute atomic E-state index is 0.0746. The summed E-state index contributed by atoms with van der Waals surface area (Å²) in [6.45, 7) is 3.39. The lowest BCUT2D eigenvalue weighted by Gasteiger charge is -2.21. The summed E-state index contributed by atoms with van der Waals surface area (Å²) >= 11 is 0. The summed E-state index contributed by atoms with van der Waals surface area (Å²) in [7, 11) is 1.49. The van der Waals surface area contributed by atoms with E-state index in [0.29, 0.717) is 16.8 Å². The average molecular weight is 467 g/mol. The fourth-order valence-electron chi connectivity index (χ4n) is 3.51. The second-order valence-electron chi connectivity index (χ2n) is 7.65. The average Bonchev–Trinajstić information content (AvgIpc) is 2.81. The Hall–Kier alpha value is -4.14. The van der Waals surface area contributed by atoms with Crippen molar-refractivity contribution < 1.29 is 23.8 Å². The van der Waals surface area contributed by atoms with E-state index in [2.05, 4.69) is 10.6 Å². The molecule has 0 aliphatic heterocycles. The first-order valence-electron chi connectivity index (χ1n) is 10.7. The first-order valence-corrected chi connectivity index (χ1v) is 10.7. The van der Waals surface area contributed by atoms with Gasteiger partial charge in [-0.25, -0.2) is 9.18 Å². The summed E-state index contributed by atoms with van der Waals surface area (Å²) in [4.78, 5) is 37.4. The van der Waals surface area contributed by atoms with Gasteiger partial charge in [0.1, 0.15) is 11.6 Å². The fraction of sp³-hybridized carbons (Fsp3) is 0.240. The van der Waals surface area contributed by atoms with Crippen LogP contribution in [0.4, 0.5) is 14.9 Å². The number of aromatic nitrogens is 1. The first kappa shape index (κ1) is 24.5. The Kier molecular flexibility index (Phi) is 7.68. The van der Waals surface area contributed by atoms with Crippen LogP contribution in [0.2, 0.25) is 0 Å². The van der Waals surface area contributed by atoms with Gasteiger partial charge < -0.3 is 25.0 Å². The van der Waals surface area contributed by atoms with Crippen molar-refractivity contribution in [1.82, 2.24) is 9.88 Å². The van der Waals surface area contributed by atoms with Crippen LogP contribution in [-0.2, 0) is 16.6 Å². The monoisotopic (exact) mass is 467 g/mol. The highest BCUT2D eigenvalue weighted by molar-refractivity contribution is 5.91. The fourth-order valence-corrected chi connectivity index (χ4v) is 3.51. The number of pyridine rings is 1. The van der Waals surface area contributed by atoms with Crippen LogP contribution in [0.1, 0.15) is 30.6 Å². The van der Waals surface area contributed by atoms with Gasteiger partial charge in [0, 0.05) is 29.9 Å². The Morgan fingerprint density at radius 2 is 1.85 bits per heavy atom. The maximum atomic E-state index is 15.5. The number of aromatic hydroxyl groups is 1. The molecule has 0 saturated carbocycles. The largest absolute Gasteiger partial charge is 0.505 e. The lowest BCUT2D eigenvalue weighted by molar-refractivity contribution is -0.143. The number of hydrogen-bond donors (Lipinski definition) is 3. The number of ether oxygens (including phenoxy) is 1. The minimum atomic E-state index is -1.10. The molecule has 8 nitrogen and oxygen atoms in total. The third kappa shape index (κ3) is 5.43. The normalized spacial score (nSPS) is 11.5. The lowest BCUT2D eigenvalue weighted by Crippen LogP contribution is -2.36. The van der Waals surface area contributed by atoms with E-state index in [1.807, 2.05) is 6.07 Å². The predicted octanol–water partition coefficient (Wildman–Crippen LogP) is 4.02. The zero-order valence-corrected chi connectivity index (χ0v) is 19.1. The Bertz CT molecular complexity index is 1260. The van der Waals surface area contributed by atoms with Gasteiger partial charge in [-0.1, -0.05) is 48.5 Å². The molecule has 9 heteroatoms. The molecule has 178 valence electrons. The van der Waals surface area contributed by atoms with E-state index in [4.69, 9.17) is 4.74 Å². The molecule has 0 spiro atoms. The number of halogens is 1. The van der Waals surface area contributed by atoms with E-state index in [-0.39, 0.29) is 24.3 Å². The highest BCUT2D eigenvalue weighted by Crippen LogP contribution is 2.30. The van der Waals surface area contributed by atoms with Gasteiger partial charge in [0.25, 0.3) is 5.56 Å². The molecular formula is C25H26FN3O5. The van der Waals surface area contributed by atoms with Crippen LogP contribution in [-0.4, -0.2) is 28.3 Å². The maximum Gasteiger partial charge on any atom is 0.319 e. The number of benzene rings is 2. The number of urea groups is 1. The molecule has 34 heavy (non-hydrogen) atoms. The summed E-state index contributed by atoms with van der Waals surface area (Å²) in [6, 6.07) is 12.9. The summed E-state index contributed by atoms with van der Waals surface area (Å²) in [6.07, 6.45) is -0.339. The Balaban J connectivity index is 1.94. The number of rotatable bonds is 7. The third-order valence-electron chi connectivity index (χ3n) is 5.36. The highest BCUT2D eigenvalue weighted by Gasteiger charge is 2.25. The maximum absolute atomic E-state index is 15.5. The zero-order valence-electron chi connectivity index (χ0n) is 19.1. The molecule has 0 aliphatic carbocycles. The number of hydrogen-bond acceptors (Lipinski definition) is 5. The number of carbonyl (C=O) groups is 2. The minimum Gasteiger partial charge on any atom is -0.505 e. The van der Waals surface area contributed by atoms with Crippen molar-refractivity contribution >= 4 is 17.7 Å². The van der Waals surface area contributed by atoms with Crippen molar-refractivity contribution in [2.45, 2.75) is 26.3 Å². The van der Waals surface area contributed by atoms with E-state index >= 15 is 4.39 Å². The molecule has 0 radical (unpaired) electrons. The lowest BCUT2D eigenvalue weighted by atomic mass is 9.97. The van der Waals surface area contributed by atoms with Gasteiger partial charge in [0.05, 0.1) is 19.1 Å². The second-order valence-corrected chi connectivity index (χ2v) is 7.65. The highest BCUT2D eigenvalue weighted by atomic mass is 19.1. The number of carbonyl (C=O) groups excluding carboxylic acids is 2. The third-order valence-corrected chi connectivity index (χ3v) is 5.36. The quantitative estimate of drug-likeness (QED) is 0.455. The Labute approximate surface area is 196 Å². The molecule has 1 unspecified atom stereocenters. The van der Waals surface area contributed by atoms with E-state index in [0.717, 1.165) is 0 Å². The molecule has 3 N–H and O–H groups in total. The summed E-state index contributed by atoms with van der Waals surface area (Å²) < 4.78 is 21.8. The van der Waals surface area contributed by atoms with Gasteiger partial charge in [-0.2, -0.15) is 0 Å². The van der Waals surface area contributed by atoms with Crippen LogP contribution >= 0.6 is 0 Å². The molecular weight excluding hydrogens is 441 g/mol. The number of nitrogens with one attached hydrogen (secondary N) is 2. The van der Waals surface area contributed by atoms with Crippen LogP contribution in [0.3, 0.4) is 0 Å². The molecule has 1 heterocycles. The molecule has 2 amide bonds. The molecule has 0 aliphatic rings. The van der Waals surface area contributed by atoms with Gasteiger partial charge in [-0.3, -0.25) is 9.59 Å². The molecule has 3 aromatic rings. The van der Waals surface area contributed by atoms with Crippen LogP contribution < -0.4 is 16.2 Å². The first-order chi connectivity index (χ1) is 16.2. The smallest absolute Gasteiger partial charge is 0.319 e. The molecule has 0 bridgehead atoms. The van der Waals surface area contributed by atoms with Crippen molar-refractivity contribution in [2.75, 3.05) is 11.9 Å². The molecule has 1 atom stereocenters. The topological polar surface area (TPSA) is 110 Å². The Morgan fingerprint density at radius 1 is 1.15 bits per heavy atom. The van der Waals surface area contributed by atoms with Crippen LogP contribution in [0.25, 0.3) is 11.1 Å². The number of aryl methyl sites for hydroxylation is 1. The van der Waals surface area contributed by atoms with Gasteiger partial charge in [0.2, 0.25) is 0 Å². The molecule has 3 rings (SSSR count). The number of anilines is 1. The van der Waals surface area contributed by atoms with Gasteiger partial charge in [-0.15, -0.1) is 0 Å². The predicted molar refractivity (Wildman–Crippen MR) is 126 cm³/mol. The van der Waals surface area contributed by atoms with Gasteiger partial charge in [0.15, 0.2) is 5.69 Å². The van der Waals surface area contributed by atoms with Crippen LogP contribution in [0, 0.1) is 12.7 Å². The zero-order chi connectivity index (χ0) is 24.8. The van der Waals surface area contributed by atoms with Crippen molar-refractivity contribution in [1.29, 1.82) is 0 Å². The second kappa shape index (κ2) is 10.7. The SMILES string of the molecule is CCOC(=O)CC(NC(=O)Nc1c(O)cc(C)n(C)c1=O)c1cccc(-c2ccccc2)c1F. The summed E-state index contributed by atoms with van der Waals surface area (Å²) in [5.41, 5.74) is 0.554. The standard InChI is InChI=1S/C25H26FN3O5/c1-4-34-21(31)14-19(18-12-8-11-17(22(18)26)16-9-6-5-7-10-16)27-25(33)28-23-20(30)13-15(2)29(3)24(23)32/h5-13,19,30H,4,14H2,1-3H3,(H2,27,28,33). The van der Waals surface area contributed by atoms with Crippen molar-refractivity contribution in [3.05, 3.63) is 82.0 Å². The molecule has 0 fully saturated rings. The number of amides is 2. The molecule has 1 aromatic heterocycles. The Morgan fingerprint density at radius 3 is 2.53 bits per heavy atom. The van der Waals surface area contributed by atoms with E-state index < -0.39 is 35.2 Å². The van der Waals surface area contributed by atoms with E-state index in [1.54, 1.807) is 50.2 Å². The van der Waals surface area contributed by atoms with Gasteiger partial charge >= 0.3 is 12.0 Å². The summed E-state index contributed by atoms with van der Waals surface area (Å²) in [5, 5.41) is 15.0. The number of nitrogens with zero attached hydrogens (tertiary/aromatic N) is 1. The van der Waals surface area contributed by atoms with Crippen molar-refractivity contribution in [3.63, 3.8) is 0 Å². The van der Waals surface area contributed by atoms with Gasteiger partial charge in [-0.05, 0) is 19.4 Å². The van der Waals surface area contributed by atoms with E-state index in [9.17, 15) is 19.5 Å². The molecule has 2 aromatic carbocycles. The number of esters is 1.